The second-order valence-corrected chi connectivity index (χ2v) is 43.5. The van der Waals surface area contributed by atoms with Gasteiger partial charge >= 0.3 is 0 Å². The lowest BCUT2D eigenvalue weighted by Gasteiger charge is -2.17. The molecule has 9 heterocycles. The van der Waals surface area contributed by atoms with Crippen LogP contribution in [0.4, 0.5) is 4.39 Å². The summed E-state index contributed by atoms with van der Waals surface area (Å²) in [5.41, 5.74) is 12.1. The molecule has 0 aliphatic rings. The van der Waals surface area contributed by atoms with E-state index in [1.54, 1.807) is 63.9 Å². The zero-order valence-corrected chi connectivity index (χ0v) is 74.3. The Hall–Kier alpha value is -4.88. The highest BCUT2D eigenvalue weighted by molar-refractivity contribution is 9.11. The van der Waals surface area contributed by atoms with Crippen molar-refractivity contribution < 1.29 is 4.39 Å². The molecule has 0 saturated heterocycles. The van der Waals surface area contributed by atoms with Crippen molar-refractivity contribution in [3.8, 4) is 0 Å². The van der Waals surface area contributed by atoms with E-state index in [2.05, 4.69) is 277 Å². The number of nitrogens with zero attached hydrogens (tertiary/aromatic N) is 11. The van der Waals surface area contributed by atoms with Gasteiger partial charge in [-0.05, 0) is 189 Å². The molecule has 566 valence electrons. The zero-order chi connectivity index (χ0) is 78.1. The van der Waals surface area contributed by atoms with E-state index in [9.17, 15) is 4.39 Å². The Morgan fingerprint density at radius 3 is 1.03 bits per heavy atom. The van der Waals surface area contributed by atoms with Gasteiger partial charge in [-0.15, -0.1) is 45.3 Å². The van der Waals surface area contributed by atoms with Gasteiger partial charge in [0.05, 0.1) is 10.5 Å². The Balaban J connectivity index is 0.000000574. The molecule has 19 heteroatoms. The molecule has 0 radical (unpaired) electrons. The first-order valence-electron chi connectivity index (χ1n) is 35.1. The van der Waals surface area contributed by atoms with Crippen molar-refractivity contribution in [1.29, 1.82) is 0 Å². The second kappa shape index (κ2) is 44.3. The van der Waals surface area contributed by atoms with Crippen LogP contribution in [0, 0.1) is 75.5 Å². The average molecular weight is 1580 g/mol. The molecule has 0 unspecified atom stereocenters. The van der Waals surface area contributed by atoms with Gasteiger partial charge in [-0.2, -0.15) is 4.39 Å². The molecule has 0 N–H and O–H groups in total. The van der Waals surface area contributed by atoms with E-state index in [1.165, 1.54) is 52.8 Å². The summed E-state index contributed by atoms with van der Waals surface area (Å²) in [6, 6.07) is 11.3. The summed E-state index contributed by atoms with van der Waals surface area (Å²) in [6.45, 7) is 65.9. The number of halogens is 4. The maximum atomic E-state index is 12.4. The van der Waals surface area contributed by atoms with Gasteiger partial charge in [0.2, 0.25) is 5.95 Å². The second-order valence-electron chi connectivity index (χ2n) is 36.8. The third-order valence-corrected chi connectivity index (χ3v) is 17.2. The summed E-state index contributed by atoms with van der Waals surface area (Å²) < 4.78 is 14.0. The van der Waals surface area contributed by atoms with E-state index >= 15 is 0 Å². The fraction of sp³-hybridized carbons (Fsp3) is 0.578. The van der Waals surface area contributed by atoms with Gasteiger partial charge in [-0.25, -0.2) is 44.9 Å². The summed E-state index contributed by atoms with van der Waals surface area (Å²) >= 11 is 21.5. The lowest BCUT2D eigenvalue weighted by molar-refractivity contribution is 0.409. The monoisotopic (exact) mass is 1570 g/mol. The van der Waals surface area contributed by atoms with Gasteiger partial charge < -0.3 is 0 Å². The molecule has 9 rings (SSSR count). The van der Waals surface area contributed by atoms with Crippen LogP contribution >= 0.6 is 84.5 Å². The number of aromatic nitrogens is 11. The topological polar surface area (TPSA) is 142 Å². The molecule has 0 atom stereocenters. The number of hydrogen-bond acceptors (Lipinski definition) is 15. The Labute approximate surface area is 652 Å². The fourth-order valence-electron chi connectivity index (χ4n) is 9.26. The van der Waals surface area contributed by atoms with Gasteiger partial charge in [0.15, 0.2) is 8.38 Å². The van der Waals surface area contributed by atoms with Crippen LogP contribution in [0.25, 0.3) is 0 Å². The highest BCUT2D eigenvalue weighted by Gasteiger charge is 2.18. The molecule has 0 aliphatic heterocycles. The van der Waals surface area contributed by atoms with Crippen molar-refractivity contribution in [3.05, 3.63) is 200 Å². The first kappa shape index (κ1) is 95.1. The number of hydrogen-bond donors (Lipinski definition) is 0. The van der Waals surface area contributed by atoms with Crippen LogP contribution in [0.2, 0.25) is 9.62 Å². The number of rotatable bonds is 9. The van der Waals surface area contributed by atoms with Gasteiger partial charge in [0.25, 0.3) is 0 Å². The molecule has 9 aromatic heterocycles. The zero-order valence-electron chi connectivity index (χ0n) is 67.9. The van der Waals surface area contributed by atoms with E-state index in [-0.39, 0.29) is 5.41 Å². The lowest BCUT2D eigenvalue weighted by Crippen LogP contribution is -2.09. The summed E-state index contributed by atoms with van der Waals surface area (Å²) in [4.78, 5) is 49.9. The Bertz CT molecular complexity index is 3270. The molecule has 9 aromatic rings. The summed E-state index contributed by atoms with van der Waals surface area (Å²) in [5.74, 6) is 0.431. The molecule has 0 fully saturated rings. The van der Waals surface area contributed by atoms with Crippen LogP contribution in [0.5, 0.6) is 0 Å². The standard InChI is InChI=1S/C11H17N.C10H14ClN.C10H14FN.C10H16N2.C9H14N2.C9H15NS.C8H12BrNS.C8H12ClNS.C8H13NS/c1-9-5-6-10(8-12-9)7-11(2,3)4;2*1-10(2,3)6-8-4-5-9(11)12-7-8;1-8-11-6-9(7-12-8)5-10(2,3)4;1-9(2,3)4-8-5-10-7-11-6-8;1-7-10-6-8(11-7)5-9(2,3)4;2*1-8(2,3)4-6-5-10-7(9)11-6;1-8(2,3)4-7-5-9-6-10-7/h5-6,8H,7H2,1-4H3;2*4-5,7H,6H2,1-3H3;6-7H,5H2,1-4H3;5-7H,4H2,1-3H3;6H,5H2,1-4H3;2*5H,4H2,1-3H3;5-6H,4H2,1-3H3. The van der Waals surface area contributed by atoms with Crippen molar-refractivity contribution >= 4 is 84.5 Å². The molecule has 0 bridgehead atoms. The van der Waals surface area contributed by atoms with Crippen molar-refractivity contribution in [2.45, 2.75) is 265 Å². The first-order valence-corrected chi connectivity index (χ1v) is 40.0. The molecular weight excluding hydrogens is 1450 g/mol. The minimum atomic E-state index is -0.410. The molecule has 11 nitrogen and oxygen atoms in total. The SMILES string of the molecule is CC(C)(C)Cc1ccc(Cl)nc1.CC(C)(C)Cc1ccc(F)nc1.CC(C)(C)Cc1cnc(Br)s1.CC(C)(C)Cc1cnc(Cl)s1.CC(C)(C)Cc1cncnc1.CC(C)(C)Cc1cncs1.Cc1ccc(CC(C)(C)C)cn1.Cc1ncc(CC(C)(C)C)cn1.Cc1ncc(CC(C)(C)C)s1. The van der Waals surface area contributed by atoms with E-state index in [0.29, 0.717) is 52.9 Å². The molecule has 0 aromatic carbocycles. The fourth-order valence-corrected chi connectivity index (χ4v) is 14.3. The van der Waals surface area contributed by atoms with E-state index in [0.717, 1.165) is 78.8 Å². The number of thiazole rings is 4. The average Bonchev–Trinajstić information content (AvgIpc) is 1.65. The van der Waals surface area contributed by atoms with Crippen molar-refractivity contribution in [1.82, 2.24) is 54.8 Å². The maximum absolute atomic E-state index is 12.4. The van der Waals surface area contributed by atoms with E-state index in [1.807, 2.05) is 93.5 Å². The lowest BCUT2D eigenvalue weighted by atomic mass is 9.89. The predicted molar refractivity (Wildman–Crippen MR) is 446 cm³/mol. The highest BCUT2D eigenvalue weighted by Crippen LogP contribution is 2.30. The third-order valence-electron chi connectivity index (χ3n) is 12.7. The van der Waals surface area contributed by atoms with Crippen LogP contribution in [-0.4, -0.2) is 54.8 Å². The molecule has 0 saturated carbocycles. The van der Waals surface area contributed by atoms with Gasteiger partial charge in [-0.3, -0.25) is 9.97 Å². The molecule has 0 aliphatic carbocycles. The third kappa shape index (κ3) is 56.5. The van der Waals surface area contributed by atoms with Gasteiger partial charge in [0, 0.05) is 93.4 Å². The van der Waals surface area contributed by atoms with E-state index < -0.39 is 5.95 Å². The molecule has 102 heavy (non-hydrogen) atoms. The van der Waals surface area contributed by atoms with Crippen LogP contribution in [0.1, 0.15) is 251 Å². The summed E-state index contributed by atoms with van der Waals surface area (Å²) in [5, 5.41) is 1.73. The van der Waals surface area contributed by atoms with Crippen molar-refractivity contribution in [2.24, 2.45) is 48.7 Å². The normalized spacial score (nSPS) is 11.8. The quantitative estimate of drug-likeness (QED) is 0.127. The molecular formula is C83H127BrCl2FN11S4. The Morgan fingerprint density at radius 1 is 0.333 bits per heavy atom. The molecule has 0 amide bonds. The number of pyridine rings is 3. The Morgan fingerprint density at radius 2 is 0.696 bits per heavy atom. The van der Waals surface area contributed by atoms with E-state index in [4.69, 9.17) is 23.2 Å². The smallest absolute Gasteiger partial charge is 0.212 e. The molecule has 0 spiro atoms. The predicted octanol–water partition coefficient (Wildman–Crippen LogP) is 26.2. The summed E-state index contributed by atoms with van der Waals surface area (Å²) in [7, 11) is 0. The largest absolute Gasteiger partial charge is 0.261 e. The van der Waals surface area contributed by atoms with Crippen LogP contribution in [0.3, 0.4) is 0 Å². The first-order chi connectivity index (χ1) is 46.5. The van der Waals surface area contributed by atoms with Crippen molar-refractivity contribution in [2.75, 3.05) is 0 Å². The summed E-state index contributed by atoms with van der Waals surface area (Å²) in [6.07, 6.45) is 31.9. The van der Waals surface area contributed by atoms with Crippen LogP contribution < -0.4 is 0 Å². The van der Waals surface area contributed by atoms with Crippen LogP contribution in [-0.2, 0) is 57.8 Å². The van der Waals surface area contributed by atoms with Gasteiger partial charge in [-0.1, -0.05) is 228 Å². The maximum Gasteiger partial charge on any atom is 0.212 e. The van der Waals surface area contributed by atoms with Gasteiger partial charge in [0.1, 0.15) is 17.3 Å². The van der Waals surface area contributed by atoms with Crippen molar-refractivity contribution in [3.63, 3.8) is 0 Å². The number of aryl methyl sites for hydroxylation is 3. The minimum Gasteiger partial charge on any atom is -0.261 e. The van der Waals surface area contributed by atoms with Crippen LogP contribution in [0.15, 0.2) is 120 Å². The highest BCUT2D eigenvalue weighted by atomic mass is 79.9. The minimum absolute atomic E-state index is 0.236. The Kier molecular flexibility index (Phi) is 41.3.